The molecule has 3 N–H and O–H groups in total. The standard InChI is InChI=1S/C39H51N7O5S2/c1-7-22-52-34-15-10-9-12-29(34)37-43-42-35-25-45(18-19-46(35)37)20-21-51-33-17-16-30(27-13-11-14-28(27)33)40-38(47)41-31-23-26(39(3,4)5)24-32(36(31)50-6)44-53(48,49)8-2/h9-10,12,15-17,23-24,44H,7-8,11,13-14,18-22,25H2,1-6H3,(H2,40,41,47). The molecule has 2 amide bonds. The van der Waals surface area contributed by atoms with Gasteiger partial charge in [-0.3, -0.25) is 9.62 Å². The maximum Gasteiger partial charge on any atom is 0.323 e. The van der Waals surface area contributed by atoms with E-state index in [0.717, 1.165) is 96.4 Å². The largest absolute Gasteiger partial charge is 0.492 e. The molecule has 1 aromatic heterocycles. The van der Waals surface area contributed by atoms with Gasteiger partial charge in [0.1, 0.15) is 18.2 Å². The predicted molar refractivity (Wildman–Crippen MR) is 213 cm³/mol. The lowest BCUT2D eigenvalue weighted by molar-refractivity contribution is 0.174. The fraction of sp³-hybridized carbons (Fsp3) is 0.462. The highest BCUT2D eigenvalue weighted by molar-refractivity contribution is 7.99. The minimum Gasteiger partial charge on any atom is -0.492 e. The average molecular weight is 762 g/mol. The van der Waals surface area contributed by atoms with E-state index < -0.39 is 16.1 Å². The van der Waals surface area contributed by atoms with Crippen molar-refractivity contribution in [1.82, 2.24) is 19.7 Å². The molecule has 0 spiro atoms. The van der Waals surface area contributed by atoms with Crippen LogP contribution in [0.3, 0.4) is 0 Å². The minimum absolute atomic E-state index is 0.0958. The summed E-state index contributed by atoms with van der Waals surface area (Å²) < 4.78 is 41.8. The van der Waals surface area contributed by atoms with Crippen molar-refractivity contribution >= 4 is 44.9 Å². The Hall–Kier alpha value is -4.27. The molecular weight excluding hydrogens is 711 g/mol. The Morgan fingerprint density at radius 2 is 1.72 bits per heavy atom. The summed E-state index contributed by atoms with van der Waals surface area (Å²) in [5.41, 5.74) is 5.22. The number of rotatable bonds is 14. The van der Waals surface area contributed by atoms with Gasteiger partial charge in [-0.05, 0) is 90.8 Å². The fourth-order valence-corrected chi connectivity index (χ4v) is 8.31. The molecule has 284 valence electrons. The van der Waals surface area contributed by atoms with Crippen LogP contribution in [-0.2, 0) is 41.4 Å². The van der Waals surface area contributed by atoms with E-state index in [1.807, 2.05) is 50.7 Å². The number of nitrogens with one attached hydrogen (secondary N) is 3. The predicted octanol–water partition coefficient (Wildman–Crippen LogP) is 7.54. The fourth-order valence-electron chi connectivity index (χ4n) is 6.76. The molecule has 2 aliphatic rings. The number of aromatic nitrogens is 3. The van der Waals surface area contributed by atoms with Gasteiger partial charge in [0, 0.05) is 35.8 Å². The molecule has 0 atom stereocenters. The third-order valence-corrected chi connectivity index (χ3v) is 12.2. The van der Waals surface area contributed by atoms with Crippen molar-refractivity contribution < 1.29 is 22.7 Å². The molecule has 12 nitrogen and oxygen atoms in total. The van der Waals surface area contributed by atoms with Crippen LogP contribution in [0.1, 0.15) is 70.0 Å². The first-order valence-electron chi connectivity index (χ1n) is 18.4. The SMILES string of the molecule is CCCSc1ccccc1-c1nnc2n1CCN(CCOc1ccc(NC(=O)Nc3cc(C(C)(C)C)cc(NS(=O)(=O)CC)c3OC)c3c1CCC3)C2. The van der Waals surface area contributed by atoms with Crippen molar-refractivity contribution in [2.24, 2.45) is 0 Å². The molecule has 2 heterocycles. The number of carbonyl (C=O) groups is 1. The van der Waals surface area contributed by atoms with Crippen LogP contribution in [0.25, 0.3) is 11.4 Å². The van der Waals surface area contributed by atoms with Crippen LogP contribution >= 0.6 is 11.8 Å². The average Bonchev–Trinajstić information content (AvgIpc) is 3.79. The number of ether oxygens (including phenoxy) is 2. The molecule has 3 aromatic carbocycles. The van der Waals surface area contributed by atoms with E-state index >= 15 is 0 Å². The normalized spacial score (nSPS) is 14.4. The van der Waals surface area contributed by atoms with Crippen molar-refractivity contribution in [3.05, 3.63) is 71.0 Å². The van der Waals surface area contributed by atoms with Crippen LogP contribution in [0.4, 0.5) is 21.9 Å². The van der Waals surface area contributed by atoms with Crippen LogP contribution in [0.5, 0.6) is 11.5 Å². The van der Waals surface area contributed by atoms with E-state index in [4.69, 9.17) is 9.47 Å². The first-order valence-corrected chi connectivity index (χ1v) is 21.0. The zero-order valence-electron chi connectivity index (χ0n) is 31.5. The highest BCUT2D eigenvalue weighted by Gasteiger charge is 2.26. The number of fused-ring (bicyclic) bond motifs is 2. The van der Waals surface area contributed by atoms with E-state index in [1.54, 1.807) is 13.0 Å². The number of benzene rings is 3. The highest BCUT2D eigenvalue weighted by Crippen LogP contribution is 2.40. The van der Waals surface area contributed by atoms with Crippen molar-refractivity contribution in [3.8, 4) is 22.9 Å². The molecule has 14 heteroatoms. The van der Waals surface area contributed by atoms with Gasteiger partial charge in [0.05, 0.1) is 30.8 Å². The first kappa shape index (κ1) is 38.5. The van der Waals surface area contributed by atoms with Gasteiger partial charge in [-0.25, -0.2) is 13.2 Å². The summed E-state index contributed by atoms with van der Waals surface area (Å²) in [5.74, 6) is 3.97. The Kier molecular flexibility index (Phi) is 11.9. The van der Waals surface area contributed by atoms with Gasteiger partial charge in [-0.15, -0.1) is 22.0 Å². The van der Waals surface area contributed by atoms with Gasteiger partial charge in [0.15, 0.2) is 11.6 Å². The second-order valence-electron chi connectivity index (χ2n) is 14.4. The molecule has 0 saturated carbocycles. The number of amides is 2. The number of hydrogen-bond acceptors (Lipinski definition) is 9. The summed E-state index contributed by atoms with van der Waals surface area (Å²) in [7, 11) is -2.14. The molecule has 0 unspecified atom stereocenters. The Bertz CT molecular complexity index is 2060. The Morgan fingerprint density at radius 3 is 2.47 bits per heavy atom. The van der Waals surface area contributed by atoms with Crippen molar-refractivity contribution in [2.45, 2.75) is 83.7 Å². The maximum absolute atomic E-state index is 13.5. The maximum atomic E-state index is 13.5. The minimum atomic E-state index is -3.59. The summed E-state index contributed by atoms with van der Waals surface area (Å²) in [6.07, 6.45) is 3.80. The molecule has 1 aliphatic heterocycles. The highest BCUT2D eigenvalue weighted by atomic mass is 32.2. The summed E-state index contributed by atoms with van der Waals surface area (Å²) in [6, 6.07) is 15.4. The lowest BCUT2D eigenvalue weighted by Crippen LogP contribution is -2.36. The van der Waals surface area contributed by atoms with E-state index in [9.17, 15) is 13.2 Å². The molecule has 53 heavy (non-hydrogen) atoms. The van der Waals surface area contributed by atoms with E-state index in [2.05, 4.69) is 66.2 Å². The second-order valence-corrected chi connectivity index (χ2v) is 17.6. The molecule has 0 fully saturated rings. The first-order chi connectivity index (χ1) is 25.4. The topological polar surface area (TPSA) is 140 Å². The van der Waals surface area contributed by atoms with Crippen LogP contribution in [-0.4, -0.2) is 72.4 Å². The number of anilines is 3. The monoisotopic (exact) mass is 761 g/mol. The van der Waals surface area contributed by atoms with Gasteiger partial charge in [-0.2, -0.15) is 0 Å². The van der Waals surface area contributed by atoms with E-state index in [1.165, 1.54) is 12.0 Å². The summed E-state index contributed by atoms with van der Waals surface area (Å²) in [5, 5.41) is 15.1. The second kappa shape index (κ2) is 16.4. The van der Waals surface area contributed by atoms with Gasteiger partial charge in [0.25, 0.3) is 0 Å². The molecule has 1 aliphatic carbocycles. The number of thioether (sulfide) groups is 1. The zero-order valence-corrected chi connectivity index (χ0v) is 33.2. The number of hydrogen-bond donors (Lipinski definition) is 3. The van der Waals surface area contributed by atoms with Gasteiger partial charge in [-0.1, -0.05) is 45.9 Å². The van der Waals surface area contributed by atoms with Crippen molar-refractivity contribution in [1.29, 1.82) is 0 Å². The Labute approximate surface area is 317 Å². The molecule has 4 aromatic rings. The molecule has 0 bridgehead atoms. The number of carbonyl (C=O) groups excluding carboxylic acids is 1. The van der Waals surface area contributed by atoms with Crippen LogP contribution < -0.4 is 24.8 Å². The number of methoxy groups -OCH3 is 1. The van der Waals surface area contributed by atoms with Crippen molar-refractivity contribution in [2.75, 3.05) is 53.7 Å². The molecular formula is C39H51N7O5S2. The van der Waals surface area contributed by atoms with Crippen LogP contribution in [0, 0.1) is 0 Å². The van der Waals surface area contributed by atoms with Gasteiger partial charge >= 0.3 is 6.03 Å². The van der Waals surface area contributed by atoms with Gasteiger partial charge < -0.3 is 24.7 Å². The van der Waals surface area contributed by atoms with Crippen molar-refractivity contribution in [3.63, 3.8) is 0 Å². The lowest BCUT2D eigenvalue weighted by Gasteiger charge is -2.28. The Balaban J connectivity index is 1.10. The third kappa shape index (κ3) is 8.93. The quantitative estimate of drug-likeness (QED) is 0.111. The number of urea groups is 1. The third-order valence-electron chi connectivity index (χ3n) is 9.63. The molecule has 6 rings (SSSR count). The Morgan fingerprint density at radius 1 is 0.962 bits per heavy atom. The summed E-state index contributed by atoms with van der Waals surface area (Å²) in [6.45, 7) is 13.5. The summed E-state index contributed by atoms with van der Waals surface area (Å²) in [4.78, 5) is 17.1. The van der Waals surface area contributed by atoms with Crippen LogP contribution in [0.15, 0.2) is 53.4 Å². The van der Waals surface area contributed by atoms with Crippen LogP contribution in [0.2, 0.25) is 0 Å². The molecule has 0 saturated heterocycles. The number of sulfonamides is 1. The van der Waals surface area contributed by atoms with E-state index in [0.29, 0.717) is 18.8 Å². The number of nitrogens with zero attached hydrogens (tertiary/aromatic N) is 4. The molecule has 0 radical (unpaired) electrons. The van der Waals surface area contributed by atoms with E-state index in [-0.39, 0.29) is 22.6 Å². The zero-order chi connectivity index (χ0) is 37.8. The van der Waals surface area contributed by atoms with Gasteiger partial charge in [0.2, 0.25) is 10.0 Å². The smallest absolute Gasteiger partial charge is 0.323 e. The lowest BCUT2D eigenvalue weighted by atomic mass is 9.86. The summed E-state index contributed by atoms with van der Waals surface area (Å²) >= 11 is 1.87.